The normalized spacial score (nSPS) is 49.6. The van der Waals surface area contributed by atoms with Crippen molar-refractivity contribution < 1.29 is 39.1 Å². The second kappa shape index (κ2) is 12.4. The number of ether oxygens (including phenoxy) is 4. The first-order valence-electron chi connectivity index (χ1n) is 19.8. The number of nitrogens with zero attached hydrogens (tertiary/aromatic N) is 1. The molecule has 14 atom stereocenters. The molecule has 9 heteroatoms. The van der Waals surface area contributed by atoms with E-state index >= 15 is 0 Å². The van der Waals surface area contributed by atoms with Crippen molar-refractivity contribution in [3.05, 3.63) is 0 Å². The number of aliphatic hydroxyl groups excluding tert-OH is 1. The Hall–Kier alpha value is -0.810. The molecule has 0 amide bonds. The summed E-state index contributed by atoms with van der Waals surface area (Å²) in [6.45, 7) is 21.2. The number of rotatable bonds is 10. The lowest BCUT2D eigenvalue weighted by Crippen LogP contribution is -2.60. The van der Waals surface area contributed by atoms with Crippen molar-refractivity contribution in [1.82, 2.24) is 4.90 Å². The summed E-state index contributed by atoms with van der Waals surface area (Å²) in [5.41, 5.74) is -0.669. The molecule has 0 aromatic carbocycles. The number of aliphatic carboxylic acids is 1. The van der Waals surface area contributed by atoms with Gasteiger partial charge in [0.1, 0.15) is 6.10 Å². The molecular formula is C40H67NO8. The fraction of sp³-hybridized carbons (Fsp3) is 0.975. The topological polar surface area (TPSA) is 118 Å². The number of morpholine rings is 1. The lowest BCUT2D eigenvalue weighted by Gasteiger charge is -2.64. The van der Waals surface area contributed by atoms with Crippen molar-refractivity contribution in [2.75, 3.05) is 32.8 Å². The van der Waals surface area contributed by atoms with Gasteiger partial charge < -0.3 is 34.3 Å². The second-order valence-corrected chi connectivity index (χ2v) is 19.3. The van der Waals surface area contributed by atoms with Crippen LogP contribution < -0.4 is 0 Å². The number of hydrogen-bond acceptors (Lipinski definition) is 8. The van der Waals surface area contributed by atoms with Crippen LogP contribution in [0, 0.1) is 50.7 Å². The highest BCUT2D eigenvalue weighted by Gasteiger charge is 2.84. The van der Waals surface area contributed by atoms with Crippen molar-refractivity contribution in [3.63, 3.8) is 0 Å². The molecule has 7 aliphatic rings. The van der Waals surface area contributed by atoms with E-state index in [0.717, 1.165) is 38.8 Å². The summed E-state index contributed by atoms with van der Waals surface area (Å²) in [4.78, 5) is 13.3. The molecule has 0 radical (unpaired) electrons. The van der Waals surface area contributed by atoms with Crippen LogP contribution in [-0.2, 0) is 23.7 Å². The van der Waals surface area contributed by atoms with Crippen molar-refractivity contribution >= 4 is 5.97 Å². The Kier molecular flexibility index (Phi) is 9.23. The zero-order valence-corrected chi connectivity index (χ0v) is 31.7. The molecule has 8 unspecified atom stereocenters. The largest absolute Gasteiger partial charge is 0.481 e. The lowest BCUT2D eigenvalue weighted by molar-refractivity contribution is -0.248. The Morgan fingerprint density at radius 3 is 2.47 bits per heavy atom. The number of hydrogen-bond donors (Lipinski definition) is 3. The maximum Gasteiger partial charge on any atom is 0.303 e. The highest BCUT2D eigenvalue weighted by atomic mass is 16.7. The van der Waals surface area contributed by atoms with Gasteiger partial charge in [0, 0.05) is 31.5 Å². The first-order valence-corrected chi connectivity index (χ1v) is 19.8. The van der Waals surface area contributed by atoms with Crippen LogP contribution in [-0.4, -0.2) is 101 Å². The van der Waals surface area contributed by atoms with Gasteiger partial charge in [0.15, 0.2) is 6.29 Å². The van der Waals surface area contributed by atoms with E-state index in [1.807, 2.05) is 20.8 Å². The second-order valence-electron chi connectivity index (χ2n) is 19.3. The SMILES string of the molecule is CCOC(C1C[C@@H](C)[C@H]2C(O1)[C@H](O)[C@@]1(C)C3CC[C@H]4C(C)(C)C(O[C@H]5CN(CCCC(=O)O)CCO5)CCC45CC35CCC21C)C(C)(C)O. The molecule has 0 aromatic rings. The molecule has 0 bridgehead atoms. The Balaban J connectivity index is 1.08. The summed E-state index contributed by atoms with van der Waals surface area (Å²) in [6.07, 6.45) is 8.31. The smallest absolute Gasteiger partial charge is 0.303 e. The number of carboxylic acids is 1. The van der Waals surface area contributed by atoms with Crippen molar-refractivity contribution in [2.24, 2.45) is 50.7 Å². The van der Waals surface area contributed by atoms with Crippen LogP contribution in [0.15, 0.2) is 0 Å². The average Bonchev–Trinajstić information content (AvgIpc) is 3.65. The van der Waals surface area contributed by atoms with Gasteiger partial charge in [-0.15, -0.1) is 0 Å². The van der Waals surface area contributed by atoms with E-state index in [9.17, 15) is 15.0 Å². The van der Waals surface area contributed by atoms with Crippen LogP contribution in [0.1, 0.15) is 120 Å². The first-order chi connectivity index (χ1) is 23.0. The van der Waals surface area contributed by atoms with Gasteiger partial charge in [0.05, 0.1) is 36.6 Å². The van der Waals surface area contributed by atoms with Crippen molar-refractivity contribution in [3.8, 4) is 0 Å². The molecule has 2 aliphatic heterocycles. The van der Waals surface area contributed by atoms with Crippen LogP contribution in [0.3, 0.4) is 0 Å². The van der Waals surface area contributed by atoms with Crippen LogP contribution in [0.4, 0.5) is 0 Å². The Bertz CT molecular complexity index is 1250. The third-order valence-electron chi connectivity index (χ3n) is 16.4. The van der Waals surface area contributed by atoms with Gasteiger partial charge in [-0.25, -0.2) is 0 Å². The fourth-order valence-corrected chi connectivity index (χ4v) is 14.3. The van der Waals surface area contributed by atoms with E-state index in [2.05, 4.69) is 39.5 Å². The number of aliphatic hydroxyl groups is 2. The lowest BCUT2D eigenvalue weighted by atomic mass is 9.41. The zero-order chi connectivity index (χ0) is 35.4. The number of carboxylic acid groups (broad SMARTS) is 1. The molecule has 49 heavy (non-hydrogen) atoms. The van der Waals surface area contributed by atoms with Gasteiger partial charge in [-0.05, 0) is 130 Å². The summed E-state index contributed by atoms with van der Waals surface area (Å²) in [7, 11) is 0. The Labute approximate surface area is 295 Å². The van der Waals surface area contributed by atoms with Crippen LogP contribution in [0.2, 0.25) is 0 Å². The third-order valence-corrected chi connectivity index (χ3v) is 16.4. The van der Waals surface area contributed by atoms with Gasteiger partial charge in [0.25, 0.3) is 0 Å². The molecule has 0 aromatic heterocycles. The molecular weight excluding hydrogens is 622 g/mol. The van der Waals surface area contributed by atoms with Crippen LogP contribution in [0.25, 0.3) is 0 Å². The van der Waals surface area contributed by atoms with E-state index in [0.29, 0.717) is 49.3 Å². The van der Waals surface area contributed by atoms with Crippen LogP contribution in [0.5, 0.6) is 0 Å². The number of fused-ring (bicyclic) bond motifs is 4. The molecule has 3 N–H and O–H groups in total. The fourth-order valence-electron chi connectivity index (χ4n) is 14.3. The summed E-state index contributed by atoms with van der Waals surface area (Å²) in [6, 6.07) is 0. The van der Waals surface area contributed by atoms with Gasteiger partial charge >= 0.3 is 5.97 Å². The monoisotopic (exact) mass is 689 g/mol. The maximum absolute atomic E-state index is 12.6. The summed E-state index contributed by atoms with van der Waals surface area (Å²) < 4.78 is 26.1. The molecule has 2 heterocycles. The molecule has 9 nitrogen and oxygen atoms in total. The minimum atomic E-state index is -1.03. The first kappa shape index (κ1) is 36.5. The standard InChI is InChI=1S/C40H67NO8/c1-9-46-34(36(5,6)45)25-21-24(2)31-32(48-25)33(44)38(8)27-13-12-26-35(3,4)28(14-15-39(26)23-40(27,39)17-16-37(31,38)7)49-30-22-41(19-20-47-30)18-10-11-29(42)43/h24-28,30-34,44-45H,9-23H2,1-8H3,(H,42,43)/t24-,25?,26+,27?,28?,30+,31+,32?,33+,34?,37?,38-,39?,40?/m1/s1. The molecule has 7 fully saturated rings. The van der Waals surface area contributed by atoms with Gasteiger partial charge in [0.2, 0.25) is 0 Å². The molecule has 5 aliphatic carbocycles. The van der Waals surface area contributed by atoms with Crippen LogP contribution >= 0.6 is 0 Å². The van der Waals surface area contributed by atoms with Gasteiger partial charge in [-0.1, -0.05) is 34.6 Å². The van der Waals surface area contributed by atoms with E-state index < -0.39 is 23.8 Å². The molecule has 2 spiro atoms. The molecule has 7 rings (SSSR count). The predicted octanol–water partition coefficient (Wildman–Crippen LogP) is 5.88. The average molecular weight is 690 g/mol. The van der Waals surface area contributed by atoms with E-state index in [4.69, 9.17) is 24.1 Å². The highest BCUT2D eigenvalue weighted by molar-refractivity contribution is 5.66. The molecule has 280 valence electrons. The zero-order valence-electron chi connectivity index (χ0n) is 31.7. The highest BCUT2D eigenvalue weighted by Crippen LogP contribution is 2.89. The number of carbonyl (C=O) groups is 1. The molecule has 2 saturated heterocycles. The predicted molar refractivity (Wildman–Crippen MR) is 186 cm³/mol. The maximum atomic E-state index is 12.6. The van der Waals surface area contributed by atoms with E-state index in [1.165, 1.54) is 25.7 Å². The summed E-state index contributed by atoms with van der Waals surface area (Å²) >= 11 is 0. The van der Waals surface area contributed by atoms with E-state index in [1.54, 1.807) is 0 Å². The van der Waals surface area contributed by atoms with Gasteiger partial charge in [-0.2, -0.15) is 0 Å². The summed E-state index contributed by atoms with van der Waals surface area (Å²) in [5, 5.41) is 32.7. The minimum absolute atomic E-state index is 0.00562. The van der Waals surface area contributed by atoms with E-state index in [-0.39, 0.29) is 58.6 Å². The van der Waals surface area contributed by atoms with Gasteiger partial charge in [-0.3, -0.25) is 9.69 Å². The van der Waals surface area contributed by atoms with Crippen molar-refractivity contribution in [1.29, 1.82) is 0 Å². The third kappa shape index (κ3) is 5.35. The quantitative estimate of drug-likeness (QED) is 0.258. The minimum Gasteiger partial charge on any atom is -0.481 e. The molecule has 5 saturated carbocycles. The van der Waals surface area contributed by atoms with Crippen molar-refractivity contribution in [2.45, 2.75) is 162 Å². The Morgan fingerprint density at radius 1 is 1.06 bits per heavy atom. The summed E-state index contributed by atoms with van der Waals surface area (Å²) in [5.74, 6) is 0.972. The Morgan fingerprint density at radius 2 is 1.78 bits per heavy atom.